The smallest absolute Gasteiger partial charge is 0.255 e. The van der Waals surface area contributed by atoms with E-state index < -0.39 is 0 Å². The summed E-state index contributed by atoms with van der Waals surface area (Å²) in [6, 6.07) is 3.85. The Bertz CT molecular complexity index is 1760. The third-order valence-electron chi connectivity index (χ3n) is 7.59. The van der Waals surface area contributed by atoms with Crippen LogP contribution in [-0.4, -0.2) is 91.7 Å². The molecule has 5 aromatic rings. The number of nitrogens with zero attached hydrogens (tertiary/aromatic N) is 6. The number of aromatic nitrogens is 7. The first kappa shape index (κ1) is 28.4. The quantitative estimate of drug-likeness (QED) is 0.181. The van der Waals surface area contributed by atoms with Gasteiger partial charge in [-0.3, -0.25) is 24.7 Å². The van der Waals surface area contributed by atoms with Gasteiger partial charge in [-0.1, -0.05) is 6.92 Å². The van der Waals surface area contributed by atoms with Crippen molar-refractivity contribution in [3.05, 3.63) is 48.7 Å². The summed E-state index contributed by atoms with van der Waals surface area (Å²) in [7, 11) is 2.08. The lowest BCUT2D eigenvalue weighted by Crippen LogP contribution is -2.35. The van der Waals surface area contributed by atoms with E-state index in [1.54, 1.807) is 24.8 Å². The highest BCUT2D eigenvalue weighted by molar-refractivity contribution is 6.05. The van der Waals surface area contributed by atoms with E-state index in [1.165, 1.54) is 6.20 Å². The zero-order chi connectivity index (χ0) is 29.8. The Morgan fingerprint density at radius 1 is 1.05 bits per heavy atom. The van der Waals surface area contributed by atoms with Crippen LogP contribution in [0.5, 0.6) is 0 Å². The van der Waals surface area contributed by atoms with Crippen LogP contribution in [0.2, 0.25) is 0 Å². The summed E-state index contributed by atoms with van der Waals surface area (Å²) < 4.78 is 5.45. The number of ether oxygens (including phenoxy) is 1. The molecule has 0 unspecified atom stereocenters. The first-order valence-electron chi connectivity index (χ1n) is 14.5. The van der Waals surface area contributed by atoms with Crippen molar-refractivity contribution in [2.75, 3.05) is 45.2 Å². The largest absolute Gasteiger partial charge is 0.380 e. The highest BCUT2D eigenvalue weighted by atomic mass is 16.5. The maximum Gasteiger partial charge on any atom is 0.255 e. The Morgan fingerprint density at radius 3 is 2.70 bits per heavy atom. The highest BCUT2D eigenvalue weighted by Gasteiger charge is 2.24. The van der Waals surface area contributed by atoms with Crippen molar-refractivity contribution in [3.8, 4) is 22.6 Å². The average Bonchev–Trinajstić information content (AvgIpc) is 3.65. The van der Waals surface area contributed by atoms with Crippen LogP contribution in [0.15, 0.2) is 43.1 Å². The summed E-state index contributed by atoms with van der Waals surface area (Å²) in [5.41, 5.74) is 4.86. The zero-order valence-corrected chi connectivity index (χ0v) is 24.2. The molecule has 0 atom stereocenters. The molecule has 2 amide bonds. The number of hydrogen-bond acceptors (Lipinski definition) is 9. The highest BCUT2D eigenvalue weighted by Crippen LogP contribution is 2.30. The van der Waals surface area contributed by atoms with Gasteiger partial charge in [-0.2, -0.15) is 5.10 Å². The second-order valence-electron chi connectivity index (χ2n) is 10.8. The molecule has 0 radical (unpaired) electrons. The SMILES string of the molecule is CCCOCCNC(=O)c1cncc2[nH]c(-c3n[nH]c4ncc(-c5cncc(NC(=O)C6CCN(C)CC6)c5)cc34)nc12. The molecule has 6 rings (SSSR count). The van der Waals surface area contributed by atoms with E-state index in [9.17, 15) is 9.59 Å². The minimum absolute atomic E-state index is 0.00299. The van der Waals surface area contributed by atoms with Crippen LogP contribution in [0.4, 0.5) is 5.69 Å². The summed E-state index contributed by atoms with van der Waals surface area (Å²) in [4.78, 5) is 49.1. The molecule has 5 aromatic heterocycles. The van der Waals surface area contributed by atoms with Crippen molar-refractivity contribution < 1.29 is 14.3 Å². The van der Waals surface area contributed by atoms with E-state index >= 15 is 0 Å². The van der Waals surface area contributed by atoms with Gasteiger partial charge in [-0.15, -0.1) is 0 Å². The van der Waals surface area contributed by atoms with Gasteiger partial charge < -0.3 is 25.3 Å². The third-order valence-corrected chi connectivity index (χ3v) is 7.59. The van der Waals surface area contributed by atoms with Gasteiger partial charge in [0.1, 0.15) is 11.2 Å². The van der Waals surface area contributed by atoms with Crippen LogP contribution >= 0.6 is 0 Å². The fourth-order valence-corrected chi connectivity index (χ4v) is 5.21. The molecule has 0 bridgehead atoms. The summed E-state index contributed by atoms with van der Waals surface area (Å²) >= 11 is 0. The molecule has 0 aromatic carbocycles. The molecule has 1 aliphatic rings. The molecule has 6 heterocycles. The number of anilines is 1. The lowest BCUT2D eigenvalue weighted by Gasteiger charge is -2.28. The maximum atomic E-state index is 12.9. The fourth-order valence-electron chi connectivity index (χ4n) is 5.21. The Hall–Kier alpha value is -4.75. The lowest BCUT2D eigenvalue weighted by atomic mass is 9.96. The van der Waals surface area contributed by atoms with Gasteiger partial charge in [0.2, 0.25) is 5.91 Å². The van der Waals surface area contributed by atoms with Crippen molar-refractivity contribution in [2.24, 2.45) is 5.92 Å². The lowest BCUT2D eigenvalue weighted by molar-refractivity contribution is -0.121. The fraction of sp³-hybridized carbons (Fsp3) is 0.367. The Labute approximate surface area is 247 Å². The molecule has 43 heavy (non-hydrogen) atoms. The molecule has 0 aliphatic carbocycles. The standard InChI is InChI=1S/C30H34N10O3/c1-3-9-43-10-6-33-30(42)23-16-32-17-24-25(23)37-28(36-24)26-22-12-20(14-34-27(22)39-38-26)19-11-21(15-31-13-19)35-29(41)18-4-7-40(2)8-5-18/h11-18H,3-10H2,1-2H3,(H,33,42)(H,35,41)(H,36,37)(H,34,38,39). The second kappa shape index (κ2) is 12.6. The van der Waals surface area contributed by atoms with E-state index in [2.05, 4.69) is 52.7 Å². The molecule has 0 spiro atoms. The number of aromatic amines is 2. The molecule has 1 aliphatic heterocycles. The zero-order valence-electron chi connectivity index (χ0n) is 24.2. The summed E-state index contributed by atoms with van der Waals surface area (Å²) in [6.45, 7) is 5.35. The number of carbonyl (C=O) groups is 2. The van der Waals surface area contributed by atoms with E-state index in [0.717, 1.165) is 48.9 Å². The summed E-state index contributed by atoms with van der Waals surface area (Å²) in [5.74, 6) is 0.222. The number of pyridine rings is 3. The molecule has 13 heteroatoms. The molecule has 1 saturated heterocycles. The predicted octanol–water partition coefficient (Wildman–Crippen LogP) is 3.39. The number of amides is 2. The van der Waals surface area contributed by atoms with Gasteiger partial charge in [-0.25, -0.2) is 9.97 Å². The Morgan fingerprint density at radius 2 is 1.86 bits per heavy atom. The second-order valence-corrected chi connectivity index (χ2v) is 10.8. The van der Waals surface area contributed by atoms with Crippen LogP contribution in [0.25, 0.3) is 44.7 Å². The number of imidazole rings is 1. The van der Waals surface area contributed by atoms with E-state index in [4.69, 9.17) is 9.72 Å². The molecular weight excluding hydrogens is 548 g/mol. The molecule has 0 saturated carbocycles. The van der Waals surface area contributed by atoms with Crippen molar-refractivity contribution >= 4 is 39.6 Å². The van der Waals surface area contributed by atoms with Gasteiger partial charge >= 0.3 is 0 Å². The number of carbonyl (C=O) groups excluding carboxylic acids is 2. The summed E-state index contributed by atoms with van der Waals surface area (Å²) in [6.07, 6.45) is 10.9. The number of likely N-dealkylation sites (tertiary alicyclic amines) is 1. The predicted molar refractivity (Wildman–Crippen MR) is 162 cm³/mol. The van der Waals surface area contributed by atoms with Gasteiger partial charge in [-0.05, 0) is 51.5 Å². The Balaban J connectivity index is 1.24. The minimum atomic E-state index is -0.276. The van der Waals surface area contributed by atoms with Crippen LogP contribution < -0.4 is 10.6 Å². The van der Waals surface area contributed by atoms with E-state index in [-0.39, 0.29) is 17.7 Å². The number of H-pyrrole nitrogens is 2. The first-order chi connectivity index (χ1) is 21.0. The van der Waals surface area contributed by atoms with Gasteiger partial charge in [0.15, 0.2) is 11.5 Å². The van der Waals surface area contributed by atoms with Crippen LogP contribution in [0.1, 0.15) is 36.5 Å². The van der Waals surface area contributed by atoms with Crippen molar-refractivity contribution in [2.45, 2.75) is 26.2 Å². The summed E-state index contributed by atoms with van der Waals surface area (Å²) in [5, 5.41) is 14.1. The molecule has 222 valence electrons. The molecule has 13 nitrogen and oxygen atoms in total. The van der Waals surface area contributed by atoms with Gasteiger partial charge in [0.25, 0.3) is 5.91 Å². The monoisotopic (exact) mass is 582 g/mol. The van der Waals surface area contributed by atoms with E-state index in [0.29, 0.717) is 59.2 Å². The van der Waals surface area contributed by atoms with Crippen LogP contribution in [0, 0.1) is 5.92 Å². The van der Waals surface area contributed by atoms with Crippen LogP contribution in [0.3, 0.4) is 0 Å². The molecular formula is C30H34N10O3. The van der Waals surface area contributed by atoms with Crippen molar-refractivity contribution in [3.63, 3.8) is 0 Å². The van der Waals surface area contributed by atoms with Crippen molar-refractivity contribution in [1.82, 2.24) is 45.3 Å². The normalized spacial score (nSPS) is 14.4. The average molecular weight is 583 g/mol. The maximum absolute atomic E-state index is 12.9. The number of fused-ring (bicyclic) bond motifs is 2. The first-order valence-corrected chi connectivity index (χ1v) is 14.5. The van der Waals surface area contributed by atoms with Crippen molar-refractivity contribution in [1.29, 1.82) is 0 Å². The Kier molecular flexibility index (Phi) is 8.34. The third kappa shape index (κ3) is 6.22. The van der Waals surface area contributed by atoms with Gasteiger partial charge in [0, 0.05) is 48.8 Å². The van der Waals surface area contributed by atoms with Gasteiger partial charge in [0.05, 0.1) is 41.2 Å². The van der Waals surface area contributed by atoms with Crippen LogP contribution in [-0.2, 0) is 9.53 Å². The number of hydrogen-bond donors (Lipinski definition) is 4. The number of rotatable bonds is 10. The molecule has 1 fully saturated rings. The van der Waals surface area contributed by atoms with E-state index in [1.807, 2.05) is 19.1 Å². The topological polar surface area (TPSA) is 167 Å². The number of piperidine rings is 1. The minimum Gasteiger partial charge on any atom is -0.380 e. The molecule has 4 N–H and O–H groups in total. The number of nitrogens with one attached hydrogen (secondary N) is 4.